The van der Waals surface area contributed by atoms with Crippen LogP contribution in [-0.2, 0) is 6.42 Å². The second-order valence-corrected chi connectivity index (χ2v) is 6.99. The van der Waals surface area contributed by atoms with Gasteiger partial charge in [0.15, 0.2) is 0 Å². The van der Waals surface area contributed by atoms with Gasteiger partial charge in [0.2, 0.25) is 0 Å². The number of rotatable bonds is 3. The lowest BCUT2D eigenvalue weighted by Crippen LogP contribution is -2.41. The Balaban J connectivity index is 1.63. The summed E-state index contributed by atoms with van der Waals surface area (Å²) in [6, 6.07) is 7.84. The lowest BCUT2D eigenvalue weighted by Gasteiger charge is -2.34. The molecule has 8 nitrogen and oxygen atoms in total. The van der Waals surface area contributed by atoms with Gasteiger partial charge in [0.1, 0.15) is 16.9 Å². The highest BCUT2D eigenvalue weighted by Gasteiger charge is 2.37. The Morgan fingerprint density at radius 2 is 2.17 bits per heavy atom. The monoisotopic (exact) mass is 417 g/mol. The molecule has 0 aliphatic carbocycles. The molecule has 0 unspecified atom stereocenters. The summed E-state index contributed by atoms with van der Waals surface area (Å²) in [6.07, 6.45) is 3.24. The number of nitrogens with zero attached hydrogens (tertiary/aromatic N) is 6. The van der Waals surface area contributed by atoms with Crippen molar-refractivity contribution in [3.63, 3.8) is 0 Å². The van der Waals surface area contributed by atoms with Crippen molar-refractivity contribution < 1.29 is 13.6 Å². The van der Waals surface area contributed by atoms with Crippen molar-refractivity contribution in [2.45, 2.75) is 19.0 Å². The van der Waals surface area contributed by atoms with Crippen molar-refractivity contribution in [2.75, 3.05) is 6.54 Å². The first kappa shape index (κ1) is 17.8. The van der Waals surface area contributed by atoms with Crippen LogP contribution in [0.3, 0.4) is 0 Å². The number of amides is 1. The van der Waals surface area contributed by atoms with Crippen molar-refractivity contribution in [1.29, 1.82) is 0 Å². The second-order valence-electron chi connectivity index (χ2n) is 6.61. The van der Waals surface area contributed by atoms with Gasteiger partial charge in [-0.05, 0) is 24.3 Å². The zero-order chi connectivity index (χ0) is 20.1. The Hall–Kier alpha value is -3.27. The molecule has 0 saturated heterocycles. The summed E-state index contributed by atoms with van der Waals surface area (Å²) in [5.41, 5.74) is 2.63. The lowest BCUT2D eigenvalue weighted by atomic mass is 9.99. The number of carbonyl (C=O) groups is 1. The largest absolute Gasteiger partial charge is 0.346 e. The molecule has 148 valence electrons. The molecule has 11 heteroatoms. The molecule has 29 heavy (non-hydrogen) atoms. The Kier molecular flexibility index (Phi) is 4.09. The fraction of sp³-hybridized carbons (Fsp3) is 0.222. The number of imidazole rings is 1. The fourth-order valence-corrected chi connectivity index (χ4v) is 3.94. The van der Waals surface area contributed by atoms with Gasteiger partial charge in [-0.15, -0.1) is 0 Å². The quantitative estimate of drug-likeness (QED) is 0.519. The van der Waals surface area contributed by atoms with Crippen LogP contribution in [0.2, 0.25) is 5.15 Å². The van der Waals surface area contributed by atoms with E-state index < -0.39 is 18.5 Å². The van der Waals surface area contributed by atoms with E-state index in [-0.39, 0.29) is 5.69 Å². The Morgan fingerprint density at radius 1 is 1.31 bits per heavy atom. The Morgan fingerprint density at radius 3 is 2.97 bits per heavy atom. The van der Waals surface area contributed by atoms with E-state index in [1.807, 2.05) is 12.1 Å². The zero-order valence-electron chi connectivity index (χ0n) is 14.8. The normalized spacial score (nSPS) is 16.6. The average molecular weight is 418 g/mol. The van der Waals surface area contributed by atoms with E-state index in [1.54, 1.807) is 23.0 Å². The van der Waals surface area contributed by atoms with Gasteiger partial charge in [0.05, 0.1) is 28.9 Å². The number of alkyl halides is 2. The third kappa shape index (κ3) is 2.79. The highest BCUT2D eigenvalue weighted by atomic mass is 35.5. The molecule has 1 amide bonds. The number of hydrogen-bond donors (Lipinski definition) is 1. The first-order valence-electron chi connectivity index (χ1n) is 8.83. The maximum absolute atomic E-state index is 13.3. The summed E-state index contributed by atoms with van der Waals surface area (Å²) < 4.78 is 28.5. The Bertz CT molecular complexity index is 1210. The van der Waals surface area contributed by atoms with Crippen LogP contribution in [0.4, 0.5) is 8.78 Å². The second kappa shape index (κ2) is 6.66. The van der Waals surface area contributed by atoms with Gasteiger partial charge in [-0.1, -0.05) is 17.7 Å². The van der Waals surface area contributed by atoms with Gasteiger partial charge < -0.3 is 9.88 Å². The number of H-pyrrole nitrogens is 1. The van der Waals surface area contributed by atoms with E-state index in [0.29, 0.717) is 34.2 Å². The predicted molar refractivity (Wildman–Crippen MR) is 98.9 cm³/mol. The van der Waals surface area contributed by atoms with E-state index in [2.05, 4.69) is 20.2 Å². The van der Waals surface area contributed by atoms with Gasteiger partial charge in [-0.25, -0.2) is 9.50 Å². The van der Waals surface area contributed by atoms with Crippen molar-refractivity contribution in [2.24, 2.45) is 0 Å². The molecule has 1 atom stereocenters. The van der Waals surface area contributed by atoms with Crippen LogP contribution in [0, 0.1) is 0 Å². The molecule has 5 heterocycles. The molecule has 0 aromatic carbocycles. The van der Waals surface area contributed by atoms with Gasteiger partial charge >= 0.3 is 6.55 Å². The number of carbonyl (C=O) groups excluding carboxylic acids is 1. The summed E-state index contributed by atoms with van der Waals surface area (Å²) in [5, 5.41) is 8.55. The number of pyridine rings is 1. The molecular formula is C18H14ClF2N7O. The molecule has 0 saturated carbocycles. The van der Waals surface area contributed by atoms with Gasteiger partial charge in [-0.2, -0.15) is 23.7 Å². The van der Waals surface area contributed by atoms with Crippen molar-refractivity contribution in [1.82, 2.24) is 34.3 Å². The first-order chi connectivity index (χ1) is 14.0. The van der Waals surface area contributed by atoms with Crippen LogP contribution in [0.15, 0.2) is 42.9 Å². The smallest absolute Gasteiger partial charge is 0.333 e. The predicted octanol–water partition coefficient (Wildman–Crippen LogP) is 3.09. The number of fused-ring (bicyclic) bond motifs is 2. The van der Waals surface area contributed by atoms with E-state index in [1.165, 1.54) is 17.2 Å². The molecule has 0 spiro atoms. The molecular weight excluding hydrogens is 404 g/mol. The summed E-state index contributed by atoms with van der Waals surface area (Å²) in [7, 11) is 0. The minimum absolute atomic E-state index is 0.185. The number of aromatic nitrogens is 6. The summed E-state index contributed by atoms with van der Waals surface area (Å²) in [4.78, 5) is 22.1. The molecule has 5 rings (SSSR count). The number of aromatic amines is 1. The summed E-state index contributed by atoms with van der Waals surface area (Å²) in [6.45, 7) is -2.61. The van der Waals surface area contributed by atoms with E-state index in [0.717, 1.165) is 11.2 Å². The molecule has 1 aliphatic heterocycles. The fourth-order valence-electron chi connectivity index (χ4n) is 3.73. The van der Waals surface area contributed by atoms with Crippen LogP contribution in [0.1, 0.15) is 40.2 Å². The number of nitrogens with one attached hydrogen (secondary N) is 1. The van der Waals surface area contributed by atoms with E-state index in [4.69, 9.17) is 11.6 Å². The van der Waals surface area contributed by atoms with Crippen LogP contribution in [0.25, 0.3) is 5.52 Å². The third-order valence-corrected chi connectivity index (χ3v) is 5.29. The maximum Gasteiger partial charge on any atom is 0.333 e. The summed E-state index contributed by atoms with van der Waals surface area (Å²) in [5.74, 6) is -0.559. The molecule has 4 aromatic heterocycles. The molecule has 4 aromatic rings. The topological polar surface area (TPSA) is 84.1 Å². The lowest BCUT2D eigenvalue weighted by molar-refractivity contribution is 0.0441. The average Bonchev–Trinajstić information content (AvgIpc) is 3.44. The van der Waals surface area contributed by atoms with E-state index in [9.17, 15) is 13.6 Å². The van der Waals surface area contributed by atoms with Crippen LogP contribution in [0.5, 0.6) is 0 Å². The van der Waals surface area contributed by atoms with Crippen molar-refractivity contribution >= 4 is 23.0 Å². The number of hydrogen-bond acceptors (Lipinski definition) is 4. The standard InChI is InChI=1S/C18H14ClF2N7O/c19-14-3-1-2-10-8-12(25-27(10)14)16-15-11(22-9-23-15)5-7-26(16)17(29)13-4-6-24-28(13)18(20)21/h1-4,6,8-9,16,18H,5,7H2,(H,22,23)/t16-/m1/s1. The van der Waals surface area contributed by atoms with Crippen LogP contribution >= 0.6 is 11.6 Å². The first-order valence-corrected chi connectivity index (χ1v) is 9.21. The van der Waals surface area contributed by atoms with E-state index >= 15 is 0 Å². The molecule has 0 fully saturated rings. The minimum Gasteiger partial charge on any atom is -0.346 e. The highest BCUT2D eigenvalue weighted by molar-refractivity contribution is 6.29. The molecule has 1 aliphatic rings. The van der Waals surface area contributed by atoms with Gasteiger partial charge in [0, 0.05) is 19.2 Å². The minimum atomic E-state index is -2.91. The SMILES string of the molecule is O=C(c1ccnn1C(F)F)N1CCc2nc[nH]c2[C@H]1c1cc2cccc(Cl)n2n1. The number of halogens is 3. The Labute approximate surface area is 167 Å². The molecule has 0 bridgehead atoms. The highest BCUT2D eigenvalue weighted by Crippen LogP contribution is 2.35. The molecule has 0 radical (unpaired) electrons. The maximum atomic E-state index is 13.3. The summed E-state index contributed by atoms with van der Waals surface area (Å²) >= 11 is 6.23. The van der Waals surface area contributed by atoms with Crippen molar-refractivity contribution in [3.05, 3.63) is 70.8 Å². The van der Waals surface area contributed by atoms with Crippen LogP contribution < -0.4 is 0 Å². The van der Waals surface area contributed by atoms with Gasteiger partial charge in [0.25, 0.3) is 5.91 Å². The van der Waals surface area contributed by atoms with Gasteiger partial charge in [-0.3, -0.25) is 4.79 Å². The zero-order valence-corrected chi connectivity index (χ0v) is 15.6. The van der Waals surface area contributed by atoms with Crippen molar-refractivity contribution in [3.8, 4) is 0 Å². The van der Waals surface area contributed by atoms with Crippen LogP contribution in [-0.4, -0.2) is 46.7 Å². The third-order valence-electron chi connectivity index (χ3n) is 5.00. The molecule has 1 N–H and O–H groups in total.